The van der Waals surface area contributed by atoms with Crippen molar-refractivity contribution < 1.29 is 19.0 Å². The Balaban J connectivity index is 1.56. The van der Waals surface area contributed by atoms with Gasteiger partial charge < -0.3 is 19.5 Å². The number of methoxy groups -OCH3 is 3. The van der Waals surface area contributed by atoms with Crippen LogP contribution in [0.5, 0.6) is 17.2 Å². The van der Waals surface area contributed by atoms with Gasteiger partial charge in [0.2, 0.25) is 11.7 Å². The van der Waals surface area contributed by atoms with Gasteiger partial charge in [-0.25, -0.2) is 0 Å². The van der Waals surface area contributed by atoms with E-state index in [1.54, 1.807) is 21.3 Å². The summed E-state index contributed by atoms with van der Waals surface area (Å²) in [7, 11) is 4.76. The van der Waals surface area contributed by atoms with Crippen molar-refractivity contribution >= 4 is 5.91 Å². The van der Waals surface area contributed by atoms with Gasteiger partial charge in [-0.2, -0.15) is 0 Å². The van der Waals surface area contributed by atoms with Crippen LogP contribution >= 0.6 is 0 Å². The van der Waals surface area contributed by atoms with E-state index < -0.39 is 0 Å². The van der Waals surface area contributed by atoms with Crippen molar-refractivity contribution in [2.24, 2.45) is 5.92 Å². The van der Waals surface area contributed by atoms with Gasteiger partial charge in [0.25, 0.3) is 0 Å². The summed E-state index contributed by atoms with van der Waals surface area (Å²) < 4.78 is 16.3. The Labute approximate surface area is 191 Å². The molecule has 3 rings (SSSR count). The van der Waals surface area contributed by atoms with Crippen LogP contribution in [0.1, 0.15) is 43.9 Å². The van der Waals surface area contributed by atoms with Crippen LogP contribution < -0.4 is 19.5 Å². The van der Waals surface area contributed by atoms with Crippen LogP contribution in [-0.4, -0.2) is 51.3 Å². The first-order valence-corrected chi connectivity index (χ1v) is 11.3. The Kier molecular flexibility index (Phi) is 8.39. The van der Waals surface area contributed by atoms with E-state index in [4.69, 9.17) is 14.2 Å². The van der Waals surface area contributed by atoms with E-state index in [2.05, 4.69) is 40.5 Å². The molecule has 6 nitrogen and oxygen atoms in total. The van der Waals surface area contributed by atoms with Crippen molar-refractivity contribution in [1.82, 2.24) is 10.2 Å². The van der Waals surface area contributed by atoms with Gasteiger partial charge in [0, 0.05) is 0 Å². The minimum Gasteiger partial charge on any atom is -0.493 e. The zero-order valence-electron chi connectivity index (χ0n) is 19.9. The highest BCUT2D eigenvalue weighted by molar-refractivity contribution is 5.81. The predicted octanol–water partition coefficient (Wildman–Crippen LogP) is 4.23. The van der Waals surface area contributed by atoms with E-state index in [0.717, 1.165) is 37.9 Å². The van der Waals surface area contributed by atoms with Crippen LogP contribution in [0.4, 0.5) is 0 Å². The molecule has 1 aliphatic heterocycles. The first-order valence-electron chi connectivity index (χ1n) is 11.3. The van der Waals surface area contributed by atoms with E-state index >= 15 is 0 Å². The van der Waals surface area contributed by atoms with E-state index in [0.29, 0.717) is 23.2 Å². The molecular weight excluding hydrogens is 404 g/mol. The van der Waals surface area contributed by atoms with Gasteiger partial charge in [0.15, 0.2) is 11.5 Å². The second-order valence-electron chi connectivity index (χ2n) is 8.53. The lowest BCUT2D eigenvalue weighted by Crippen LogP contribution is -2.48. The Hall–Kier alpha value is -2.73. The van der Waals surface area contributed by atoms with E-state index in [-0.39, 0.29) is 18.0 Å². The zero-order chi connectivity index (χ0) is 23.1. The lowest BCUT2D eigenvalue weighted by Gasteiger charge is -2.35. The van der Waals surface area contributed by atoms with Gasteiger partial charge >= 0.3 is 0 Å². The summed E-state index contributed by atoms with van der Waals surface area (Å²) >= 11 is 0. The molecule has 2 aromatic rings. The Bertz CT molecular complexity index is 854. The average molecular weight is 441 g/mol. The van der Waals surface area contributed by atoms with Gasteiger partial charge in [-0.1, -0.05) is 30.3 Å². The lowest BCUT2D eigenvalue weighted by molar-refractivity contribution is -0.127. The van der Waals surface area contributed by atoms with Gasteiger partial charge in [-0.05, 0) is 75.4 Å². The monoisotopic (exact) mass is 440 g/mol. The topological polar surface area (TPSA) is 60.0 Å². The number of amides is 1. The number of carbonyl (C=O) groups excluding carboxylic acids is 1. The molecule has 0 spiro atoms. The fourth-order valence-corrected chi connectivity index (χ4v) is 4.43. The Morgan fingerprint density at radius 3 is 2.12 bits per heavy atom. The summed E-state index contributed by atoms with van der Waals surface area (Å²) in [6.07, 6.45) is 3.36. The Morgan fingerprint density at radius 2 is 1.59 bits per heavy atom. The molecule has 1 aliphatic rings. The number of rotatable bonds is 9. The number of piperidine rings is 1. The molecule has 2 aromatic carbocycles. The van der Waals surface area contributed by atoms with Gasteiger partial charge in [-0.3, -0.25) is 9.69 Å². The van der Waals surface area contributed by atoms with Crippen molar-refractivity contribution in [3.05, 3.63) is 53.6 Å². The SMILES string of the molecule is COc1cc(C(C)NC(=O)C(C)N2CCC(Cc3ccccc3)CC2)cc(OC)c1OC. The molecule has 1 heterocycles. The van der Waals surface area contributed by atoms with E-state index in [1.165, 1.54) is 5.56 Å². The molecule has 174 valence electrons. The van der Waals surface area contributed by atoms with Gasteiger partial charge in [-0.15, -0.1) is 0 Å². The van der Waals surface area contributed by atoms with Crippen LogP contribution in [-0.2, 0) is 11.2 Å². The number of likely N-dealkylation sites (tertiary alicyclic amines) is 1. The van der Waals surface area contributed by atoms with Crippen molar-refractivity contribution in [3.63, 3.8) is 0 Å². The molecule has 2 atom stereocenters. The van der Waals surface area contributed by atoms with Crippen molar-refractivity contribution in [2.45, 2.75) is 45.2 Å². The number of nitrogens with zero attached hydrogens (tertiary/aromatic N) is 1. The average Bonchev–Trinajstić information content (AvgIpc) is 2.83. The number of ether oxygens (including phenoxy) is 3. The van der Waals surface area contributed by atoms with Crippen LogP contribution in [0.15, 0.2) is 42.5 Å². The molecule has 2 unspecified atom stereocenters. The molecule has 6 heteroatoms. The van der Waals surface area contributed by atoms with Crippen molar-refractivity contribution in [2.75, 3.05) is 34.4 Å². The molecule has 0 aliphatic carbocycles. The maximum atomic E-state index is 13.0. The minimum absolute atomic E-state index is 0.0350. The first-order chi connectivity index (χ1) is 15.5. The quantitative estimate of drug-likeness (QED) is 0.632. The fraction of sp³-hybridized carbons (Fsp3) is 0.500. The van der Waals surface area contributed by atoms with Crippen LogP contribution in [0.3, 0.4) is 0 Å². The number of hydrogen-bond acceptors (Lipinski definition) is 5. The number of carbonyl (C=O) groups is 1. The fourth-order valence-electron chi connectivity index (χ4n) is 4.43. The first kappa shape index (κ1) is 23.9. The maximum absolute atomic E-state index is 13.0. The molecule has 1 saturated heterocycles. The highest BCUT2D eigenvalue weighted by atomic mass is 16.5. The number of nitrogens with one attached hydrogen (secondary N) is 1. The standard InChI is InChI=1S/C26H36N2O4/c1-18(22-16-23(30-3)25(32-5)24(17-22)31-4)27-26(29)19(2)28-13-11-21(12-14-28)15-20-9-7-6-8-10-20/h6-10,16-19,21H,11-15H2,1-5H3,(H,27,29). The lowest BCUT2D eigenvalue weighted by atomic mass is 9.89. The van der Waals surface area contributed by atoms with Crippen molar-refractivity contribution in [1.29, 1.82) is 0 Å². The Morgan fingerprint density at radius 1 is 1.00 bits per heavy atom. The molecule has 0 aromatic heterocycles. The molecule has 0 saturated carbocycles. The van der Waals surface area contributed by atoms with Crippen LogP contribution in [0.25, 0.3) is 0 Å². The van der Waals surface area contributed by atoms with Crippen molar-refractivity contribution in [3.8, 4) is 17.2 Å². The van der Waals surface area contributed by atoms with E-state index in [9.17, 15) is 4.79 Å². The smallest absolute Gasteiger partial charge is 0.237 e. The third kappa shape index (κ3) is 5.74. The molecule has 1 fully saturated rings. The molecule has 0 radical (unpaired) electrons. The largest absolute Gasteiger partial charge is 0.493 e. The maximum Gasteiger partial charge on any atom is 0.237 e. The minimum atomic E-state index is -0.186. The normalized spacial score (nSPS) is 16.8. The summed E-state index contributed by atoms with van der Waals surface area (Å²) in [5.74, 6) is 2.42. The third-order valence-corrected chi connectivity index (χ3v) is 6.49. The summed E-state index contributed by atoms with van der Waals surface area (Å²) in [6.45, 7) is 5.86. The summed E-state index contributed by atoms with van der Waals surface area (Å²) in [6, 6.07) is 14.1. The summed E-state index contributed by atoms with van der Waals surface area (Å²) in [5.41, 5.74) is 2.30. The summed E-state index contributed by atoms with van der Waals surface area (Å²) in [4.78, 5) is 15.3. The predicted molar refractivity (Wildman–Crippen MR) is 127 cm³/mol. The molecule has 1 amide bonds. The number of hydrogen-bond donors (Lipinski definition) is 1. The van der Waals surface area contributed by atoms with E-state index in [1.807, 2.05) is 26.0 Å². The van der Waals surface area contributed by atoms with Crippen LogP contribution in [0, 0.1) is 5.92 Å². The van der Waals surface area contributed by atoms with Gasteiger partial charge in [0.05, 0.1) is 33.4 Å². The van der Waals surface area contributed by atoms with Crippen LogP contribution in [0.2, 0.25) is 0 Å². The molecule has 0 bridgehead atoms. The second kappa shape index (κ2) is 11.2. The molecule has 1 N–H and O–H groups in total. The number of benzene rings is 2. The molecular formula is C26H36N2O4. The third-order valence-electron chi connectivity index (χ3n) is 6.49. The highest BCUT2D eigenvalue weighted by Crippen LogP contribution is 2.39. The zero-order valence-corrected chi connectivity index (χ0v) is 19.9. The molecule has 32 heavy (non-hydrogen) atoms. The van der Waals surface area contributed by atoms with Gasteiger partial charge in [0.1, 0.15) is 0 Å². The summed E-state index contributed by atoms with van der Waals surface area (Å²) in [5, 5.41) is 3.15. The highest BCUT2D eigenvalue weighted by Gasteiger charge is 2.28. The second-order valence-corrected chi connectivity index (χ2v) is 8.53.